The third-order valence-electron chi connectivity index (χ3n) is 8.09. The van der Waals surface area contributed by atoms with Gasteiger partial charge in [0.2, 0.25) is 0 Å². The number of hydrogen-bond donors (Lipinski definition) is 1. The van der Waals surface area contributed by atoms with Crippen molar-refractivity contribution in [2.45, 2.75) is 56.6 Å². The number of carbonyl (C=O) groups is 2. The fraction of sp³-hybridized carbons (Fsp3) is 0.243. The Balaban J connectivity index is 1.27. The molecular formula is C37H36N2O6S. The van der Waals surface area contributed by atoms with Gasteiger partial charge in [0.25, 0.3) is 10.0 Å². The third-order valence-corrected chi connectivity index (χ3v) is 9.78. The fourth-order valence-corrected chi connectivity index (χ4v) is 7.36. The maximum atomic E-state index is 13.7. The molecule has 0 radical (unpaired) electrons. The zero-order chi connectivity index (χ0) is 32.6. The zero-order valence-corrected chi connectivity index (χ0v) is 27.0. The molecule has 1 atom stereocenters. The van der Waals surface area contributed by atoms with Crippen molar-refractivity contribution in [2.75, 3.05) is 6.61 Å². The molecule has 0 saturated heterocycles. The van der Waals surface area contributed by atoms with Crippen LogP contribution in [0.25, 0.3) is 22.0 Å². The summed E-state index contributed by atoms with van der Waals surface area (Å²) in [6.45, 7) is 7.20. The van der Waals surface area contributed by atoms with Crippen LogP contribution in [0.5, 0.6) is 0 Å². The molecule has 0 unspecified atom stereocenters. The molecule has 1 aromatic heterocycles. The maximum Gasteiger partial charge on any atom is 0.407 e. The number of esters is 1. The highest BCUT2D eigenvalue weighted by Crippen LogP contribution is 2.44. The molecule has 1 N–H and O–H groups in total. The second-order valence-corrected chi connectivity index (χ2v) is 14.4. The van der Waals surface area contributed by atoms with E-state index in [-0.39, 0.29) is 23.8 Å². The van der Waals surface area contributed by atoms with Crippen LogP contribution >= 0.6 is 0 Å². The van der Waals surface area contributed by atoms with Crippen LogP contribution < -0.4 is 5.32 Å². The number of rotatable bonds is 8. The second-order valence-electron chi connectivity index (χ2n) is 12.5. The van der Waals surface area contributed by atoms with Gasteiger partial charge in [-0.05, 0) is 73.7 Å². The number of alkyl carbamates (subject to hydrolysis) is 1. The minimum absolute atomic E-state index is 0.0178. The standard InChI is InChI=1S/C37H36N2O6S/c1-24-17-19-26(20-18-24)46(42,43)39-22-25(27-11-9-10-16-34(27)39)21-33(35(40)45-37(2,3)4)38-36(41)44-23-32-30-14-7-5-12-28(30)29-13-6-8-15-31(29)32/h5-20,22,32-33H,21,23H2,1-4H3,(H,38,41)/t33-/m0/s1. The van der Waals surface area contributed by atoms with E-state index in [1.54, 1.807) is 69.3 Å². The van der Waals surface area contributed by atoms with E-state index in [1.165, 1.54) is 10.2 Å². The summed E-state index contributed by atoms with van der Waals surface area (Å²) in [5.41, 5.74) is 5.50. The van der Waals surface area contributed by atoms with E-state index in [2.05, 4.69) is 17.4 Å². The van der Waals surface area contributed by atoms with Crippen LogP contribution in [0.15, 0.2) is 108 Å². The van der Waals surface area contributed by atoms with E-state index in [4.69, 9.17) is 9.47 Å². The van der Waals surface area contributed by atoms with Crippen molar-refractivity contribution in [1.29, 1.82) is 0 Å². The van der Waals surface area contributed by atoms with Gasteiger partial charge in [0.1, 0.15) is 18.2 Å². The van der Waals surface area contributed by atoms with Gasteiger partial charge in [0.15, 0.2) is 0 Å². The number of ether oxygens (including phenoxy) is 2. The van der Waals surface area contributed by atoms with Gasteiger partial charge in [-0.2, -0.15) is 0 Å². The molecule has 0 bridgehead atoms. The number of aromatic nitrogens is 1. The van der Waals surface area contributed by atoms with Gasteiger partial charge < -0.3 is 14.8 Å². The van der Waals surface area contributed by atoms with Gasteiger partial charge in [0, 0.05) is 23.9 Å². The summed E-state index contributed by atoms with van der Waals surface area (Å²) in [7, 11) is -3.95. The predicted octanol–water partition coefficient (Wildman–Crippen LogP) is 6.98. The van der Waals surface area contributed by atoms with E-state index in [9.17, 15) is 18.0 Å². The summed E-state index contributed by atoms with van der Waals surface area (Å²) in [4.78, 5) is 26.9. The highest BCUT2D eigenvalue weighted by atomic mass is 32.2. The van der Waals surface area contributed by atoms with Gasteiger partial charge >= 0.3 is 12.1 Å². The van der Waals surface area contributed by atoms with Gasteiger partial charge in [-0.15, -0.1) is 0 Å². The first-order chi connectivity index (χ1) is 21.9. The average molecular weight is 637 g/mol. The Bertz CT molecular complexity index is 2000. The minimum atomic E-state index is -3.95. The third kappa shape index (κ3) is 6.15. The molecule has 0 saturated carbocycles. The molecule has 9 heteroatoms. The van der Waals surface area contributed by atoms with Crippen LogP contribution in [0.2, 0.25) is 0 Å². The lowest BCUT2D eigenvalue weighted by Gasteiger charge is -2.24. The summed E-state index contributed by atoms with van der Waals surface area (Å²) in [5, 5.41) is 3.36. The number of nitrogens with one attached hydrogen (secondary N) is 1. The molecule has 236 valence electrons. The Kier molecular flexibility index (Phi) is 8.20. The first-order valence-corrected chi connectivity index (χ1v) is 16.6. The van der Waals surface area contributed by atoms with Gasteiger partial charge in [-0.1, -0.05) is 84.4 Å². The number of carbonyl (C=O) groups excluding carboxylic acids is 2. The van der Waals surface area contributed by atoms with Crippen molar-refractivity contribution >= 4 is 33.0 Å². The minimum Gasteiger partial charge on any atom is -0.458 e. The lowest BCUT2D eigenvalue weighted by Crippen LogP contribution is -2.46. The van der Waals surface area contributed by atoms with Crippen molar-refractivity contribution < 1.29 is 27.5 Å². The van der Waals surface area contributed by atoms with Crippen LogP contribution in [-0.4, -0.2) is 42.7 Å². The van der Waals surface area contributed by atoms with E-state index < -0.39 is 33.7 Å². The number of nitrogens with zero attached hydrogens (tertiary/aromatic N) is 1. The lowest BCUT2D eigenvalue weighted by molar-refractivity contribution is -0.157. The van der Waals surface area contributed by atoms with Crippen molar-refractivity contribution in [1.82, 2.24) is 9.29 Å². The summed E-state index contributed by atoms with van der Waals surface area (Å²) < 4.78 is 40.1. The van der Waals surface area contributed by atoms with Crippen LogP contribution in [0.4, 0.5) is 4.79 Å². The molecule has 0 fully saturated rings. The van der Waals surface area contributed by atoms with Crippen molar-refractivity contribution in [3.63, 3.8) is 0 Å². The Labute approximate surface area is 269 Å². The molecule has 0 aliphatic heterocycles. The van der Waals surface area contributed by atoms with Crippen LogP contribution in [-0.2, 0) is 30.7 Å². The largest absolute Gasteiger partial charge is 0.458 e. The van der Waals surface area contributed by atoms with Crippen LogP contribution in [0.1, 0.15) is 48.9 Å². The quantitative estimate of drug-likeness (QED) is 0.184. The van der Waals surface area contributed by atoms with E-state index in [1.807, 2.05) is 43.3 Å². The number of benzene rings is 4. The SMILES string of the molecule is Cc1ccc(S(=O)(=O)n2cc(C[C@H](NC(=O)OCC3c4ccccc4-c4ccccc43)C(=O)OC(C)(C)C)c3ccccc32)cc1. The maximum absolute atomic E-state index is 13.7. The molecule has 5 aromatic rings. The highest BCUT2D eigenvalue weighted by Gasteiger charge is 2.32. The first-order valence-electron chi connectivity index (χ1n) is 15.2. The number of amides is 1. The van der Waals surface area contributed by atoms with Gasteiger partial charge in [0.05, 0.1) is 10.4 Å². The Hall–Kier alpha value is -4.89. The summed E-state index contributed by atoms with van der Waals surface area (Å²) in [5.74, 6) is -0.803. The Morgan fingerprint density at radius 2 is 1.43 bits per heavy atom. The zero-order valence-electron chi connectivity index (χ0n) is 26.2. The molecule has 6 rings (SSSR count). The molecule has 0 spiro atoms. The second kappa shape index (κ2) is 12.1. The number of fused-ring (bicyclic) bond motifs is 4. The Morgan fingerprint density at radius 3 is 2.07 bits per heavy atom. The summed E-state index contributed by atoms with van der Waals surface area (Å²) in [6, 6.07) is 28.6. The summed E-state index contributed by atoms with van der Waals surface area (Å²) in [6.07, 6.45) is 0.723. The molecule has 1 heterocycles. The summed E-state index contributed by atoms with van der Waals surface area (Å²) >= 11 is 0. The topological polar surface area (TPSA) is 104 Å². The van der Waals surface area contributed by atoms with E-state index in [0.717, 1.165) is 27.8 Å². The van der Waals surface area contributed by atoms with Gasteiger partial charge in [-0.25, -0.2) is 22.0 Å². The Morgan fingerprint density at radius 1 is 0.848 bits per heavy atom. The molecular weight excluding hydrogens is 600 g/mol. The molecule has 1 aliphatic rings. The number of hydrogen-bond acceptors (Lipinski definition) is 6. The molecule has 4 aromatic carbocycles. The van der Waals surface area contributed by atoms with Crippen molar-refractivity contribution in [3.8, 4) is 11.1 Å². The van der Waals surface area contributed by atoms with Crippen LogP contribution in [0, 0.1) is 6.92 Å². The molecule has 46 heavy (non-hydrogen) atoms. The smallest absolute Gasteiger partial charge is 0.407 e. The number of aryl methyl sites for hydroxylation is 1. The fourth-order valence-electron chi connectivity index (χ4n) is 5.97. The number of para-hydroxylation sites is 1. The first kappa shape index (κ1) is 31.1. The highest BCUT2D eigenvalue weighted by molar-refractivity contribution is 7.90. The predicted molar refractivity (Wildman–Crippen MR) is 177 cm³/mol. The van der Waals surface area contributed by atoms with Crippen LogP contribution in [0.3, 0.4) is 0 Å². The van der Waals surface area contributed by atoms with E-state index in [0.29, 0.717) is 16.5 Å². The van der Waals surface area contributed by atoms with Gasteiger partial charge in [-0.3, -0.25) is 0 Å². The van der Waals surface area contributed by atoms with E-state index >= 15 is 0 Å². The normalized spacial score (nSPS) is 13.6. The van der Waals surface area contributed by atoms with Crippen molar-refractivity contribution in [2.24, 2.45) is 0 Å². The van der Waals surface area contributed by atoms with Crippen molar-refractivity contribution in [3.05, 3.63) is 126 Å². The monoisotopic (exact) mass is 636 g/mol. The molecule has 1 amide bonds. The average Bonchev–Trinajstić information content (AvgIpc) is 3.55. The molecule has 1 aliphatic carbocycles. The molecule has 8 nitrogen and oxygen atoms in total. The lowest BCUT2D eigenvalue weighted by atomic mass is 9.98.